The van der Waals surface area contributed by atoms with Crippen LogP contribution in [0.3, 0.4) is 0 Å². The molecule has 2 fully saturated rings. The van der Waals surface area contributed by atoms with Crippen LogP contribution in [0.2, 0.25) is 5.02 Å². The Morgan fingerprint density at radius 1 is 1.27 bits per heavy atom. The first-order chi connectivity index (χ1) is 10.6. The second kappa shape index (κ2) is 6.99. The van der Waals surface area contributed by atoms with E-state index in [1.807, 2.05) is 24.0 Å². The number of hydrogen-bond acceptors (Lipinski definition) is 3. The number of ether oxygens (including phenoxy) is 1. The molecular formula is C17H23ClN2O2. The molecule has 3 rings (SSSR count). The second-order valence-corrected chi connectivity index (χ2v) is 6.77. The highest BCUT2D eigenvalue weighted by Gasteiger charge is 2.28. The van der Waals surface area contributed by atoms with Crippen LogP contribution in [0.25, 0.3) is 0 Å². The Balaban J connectivity index is 1.58. The van der Waals surface area contributed by atoms with Crippen molar-refractivity contribution in [2.45, 2.75) is 13.3 Å². The molecule has 1 amide bonds. The Bertz CT molecular complexity index is 523. The average Bonchev–Trinajstić information content (AvgIpc) is 2.95. The van der Waals surface area contributed by atoms with Crippen molar-refractivity contribution >= 4 is 17.5 Å². The standard InChI is InChI=1S/C17H23ClN2O2/c1-13-8-15(10-16(18)9-13)17(21)20-3-2-14(12-20)11-19-4-6-22-7-5-19/h8-10,14H,2-7,11-12H2,1H3/t14-/m0/s1. The third kappa shape index (κ3) is 3.80. The third-order valence-corrected chi connectivity index (χ3v) is 4.70. The molecule has 1 aromatic carbocycles. The molecule has 1 aromatic rings. The largest absolute Gasteiger partial charge is 0.379 e. The van der Waals surface area contributed by atoms with Gasteiger partial charge < -0.3 is 9.64 Å². The second-order valence-electron chi connectivity index (χ2n) is 6.34. The zero-order chi connectivity index (χ0) is 15.5. The van der Waals surface area contributed by atoms with E-state index in [2.05, 4.69) is 4.90 Å². The molecule has 2 saturated heterocycles. The van der Waals surface area contributed by atoms with Gasteiger partial charge in [-0.2, -0.15) is 0 Å². The van der Waals surface area contributed by atoms with E-state index in [1.54, 1.807) is 6.07 Å². The fraction of sp³-hybridized carbons (Fsp3) is 0.588. The maximum atomic E-state index is 12.6. The van der Waals surface area contributed by atoms with E-state index in [9.17, 15) is 4.79 Å². The molecule has 22 heavy (non-hydrogen) atoms. The van der Waals surface area contributed by atoms with E-state index >= 15 is 0 Å². The number of rotatable bonds is 3. The van der Waals surface area contributed by atoms with Crippen molar-refractivity contribution < 1.29 is 9.53 Å². The lowest BCUT2D eigenvalue weighted by molar-refractivity contribution is 0.0310. The zero-order valence-electron chi connectivity index (χ0n) is 13.1. The van der Waals surface area contributed by atoms with Crippen LogP contribution >= 0.6 is 11.6 Å². The lowest BCUT2D eigenvalue weighted by atomic mass is 10.1. The van der Waals surface area contributed by atoms with Crippen LogP contribution in [0.4, 0.5) is 0 Å². The summed E-state index contributed by atoms with van der Waals surface area (Å²) < 4.78 is 5.39. The maximum Gasteiger partial charge on any atom is 0.253 e. The minimum Gasteiger partial charge on any atom is -0.379 e. The van der Waals surface area contributed by atoms with Crippen LogP contribution in [-0.2, 0) is 4.74 Å². The smallest absolute Gasteiger partial charge is 0.253 e. The normalized spacial score (nSPS) is 23.0. The van der Waals surface area contributed by atoms with Crippen LogP contribution < -0.4 is 0 Å². The van der Waals surface area contributed by atoms with Crippen molar-refractivity contribution in [1.82, 2.24) is 9.80 Å². The van der Waals surface area contributed by atoms with Gasteiger partial charge in [-0.05, 0) is 43.0 Å². The molecule has 0 aromatic heterocycles. The molecule has 0 N–H and O–H groups in total. The summed E-state index contributed by atoms with van der Waals surface area (Å²) in [5, 5.41) is 0.632. The molecule has 0 aliphatic carbocycles. The Labute approximate surface area is 137 Å². The van der Waals surface area contributed by atoms with Gasteiger partial charge in [0.2, 0.25) is 0 Å². The molecule has 2 heterocycles. The molecule has 0 unspecified atom stereocenters. The van der Waals surface area contributed by atoms with Crippen molar-refractivity contribution in [3.05, 3.63) is 34.3 Å². The van der Waals surface area contributed by atoms with Gasteiger partial charge in [-0.15, -0.1) is 0 Å². The summed E-state index contributed by atoms with van der Waals surface area (Å²) in [6, 6.07) is 5.57. The van der Waals surface area contributed by atoms with Crippen LogP contribution in [0.1, 0.15) is 22.3 Å². The van der Waals surface area contributed by atoms with Gasteiger partial charge in [-0.3, -0.25) is 9.69 Å². The molecule has 1 atom stereocenters. The average molecular weight is 323 g/mol. The predicted octanol–water partition coefficient (Wildman–Crippen LogP) is 2.44. The molecule has 120 valence electrons. The van der Waals surface area contributed by atoms with Crippen LogP contribution in [-0.4, -0.2) is 61.6 Å². The van der Waals surface area contributed by atoms with Crippen molar-refractivity contribution in [2.75, 3.05) is 45.9 Å². The van der Waals surface area contributed by atoms with Gasteiger partial charge in [0, 0.05) is 43.3 Å². The number of likely N-dealkylation sites (tertiary alicyclic amines) is 1. The summed E-state index contributed by atoms with van der Waals surface area (Å²) >= 11 is 6.07. The lowest BCUT2D eigenvalue weighted by Crippen LogP contribution is -2.40. The Kier molecular flexibility index (Phi) is 5.01. The number of halogens is 1. The van der Waals surface area contributed by atoms with E-state index in [0.717, 1.165) is 57.9 Å². The summed E-state index contributed by atoms with van der Waals surface area (Å²) in [6.07, 6.45) is 1.09. The van der Waals surface area contributed by atoms with Crippen LogP contribution in [0, 0.1) is 12.8 Å². The topological polar surface area (TPSA) is 32.8 Å². The van der Waals surface area contributed by atoms with Gasteiger partial charge in [0.1, 0.15) is 0 Å². The summed E-state index contributed by atoms with van der Waals surface area (Å²) in [7, 11) is 0. The first-order valence-electron chi connectivity index (χ1n) is 7.98. The van der Waals surface area contributed by atoms with Crippen molar-refractivity contribution in [1.29, 1.82) is 0 Å². The van der Waals surface area contributed by atoms with Crippen molar-refractivity contribution in [2.24, 2.45) is 5.92 Å². The Morgan fingerprint density at radius 2 is 2.05 bits per heavy atom. The van der Waals surface area contributed by atoms with E-state index in [4.69, 9.17) is 16.3 Å². The molecular weight excluding hydrogens is 300 g/mol. The third-order valence-electron chi connectivity index (χ3n) is 4.48. The fourth-order valence-corrected chi connectivity index (χ4v) is 3.65. The highest BCUT2D eigenvalue weighted by atomic mass is 35.5. The number of hydrogen-bond donors (Lipinski definition) is 0. The number of aryl methyl sites for hydroxylation is 1. The van der Waals surface area contributed by atoms with E-state index in [1.165, 1.54) is 0 Å². The number of carbonyl (C=O) groups excluding carboxylic acids is 1. The molecule has 0 saturated carbocycles. The number of nitrogens with zero attached hydrogens (tertiary/aromatic N) is 2. The van der Waals surface area contributed by atoms with Gasteiger partial charge in [-0.1, -0.05) is 11.6 Å². The zero-order valence-corrected chi connectivity index (χ0v) is 13.8. The molecule has 2 aliphatic rings. The highest BCUT2D eigenvalue weighted by Crippen LogP contribution is 2.22. The summed E-state index contributed by atoms with van der Waals surface area (Å²) in [5.41, 5.74) is 1.73. The van der Waals surface area contributed by atoms with Gasteiger partial charge in [0.25, 0.3) is 5.91 Å². The minimum absolute atomic E-state index is 0.107. The van der Waals surface area contributed by atoms with Crippen molar-refractivity contribution in [3.8, 4) is 0 Å². The maximum absolute atomic E-state index is 12.6. The van der Waals surface area contributed by atoms with E-state index in [0.29, 0.717) is 16.5 Å². The van der Waals surface area contributed by atoms with Crippen LogP contribution in [0.15, 0.2) is 18.2 Å². The Morgan fingerprint density at radius 3 is 2.77 bits per heavy atom. The van der Waals surface area contributed by atoms with Gasteiger partial charge in [-0.25, -0.2) is 0 Å². The predicted molar refractivity (Wildman–Crippen MR) is 87.5 cm³/mol. The van der Waals surface area contributed by atoms with Crippen molar-refractivity contribution in [3.63, 3.8) is 0 Å². The first-order valence-corrected chi connectivity index (χ1v) is 8.36. The van der Waals surface area contributed by atoms with E-state index in [-0.39, 0.29) is 5.91 Å². The monoisotopic (exact) mass is 322 g/mol. The first kappa shape index (κ1) is 15.8. The number of carbonyl (C=O) groups is 1. The SMILES string of the molecule is Cc1cc(Cl)cc(C(=O)N2CC[C@@H](CN3CCOCC3)C2)c1. The quantitative estimate of drug-likeness (QED) is 0.857. The molecule has 2 aliphatic heterocycles. The van der Waals surface area contributed by atoms with Gasteiger partial charge >= 0.3 is 0 Å². The molecule has 0 radical (unpaired) electrons. The summed E-state index contributed by atoms with van der Waals surface area (Å²) in [5.74, 6) is 0.678. The van der Waals surface area contributed by atoms with E-state index < -0.39 is 0 Å². The minimum atomic E-state index is 0.107. The van der Waals surface area contributed by atoms with Gasteiger partial charge in [0.05, 0.1) is 13.2 Å². The lowest BCUT2D eigenvalue weighted by Gasteiger charge is -2.29. The molecule has 0 spiro atoms. The summed E-state index contributed by atoms with van der Waals surface area (Å²) in [6.45, 7) is 8.42. The fourth-order valence-electron chi connectivity index (χ4n) is 3.36. The van der Waals surface area contributed by atoms with Crippen LogP contribution in [0.5, 0.6) is 0 Å². The van der Waals surface area contributed by atoms with Gasteiger partial charge in [0.15, 0.2) is 0 Å². The number of amides is 1. The molecule has 0 bridgehead atoms. The molecule has 4 nitrogen and oxygen atoms in total. The molecule has 5 heteroatoms. The number of benzene rings is 1. The Hall–Kier alpha value is -1.10. The number of morpholine rings is 1. The summed E-state index contributed by atoms with van der Waals surface area (Å²) in [4.78, 5) is 17.0. The highest BCUT2D eigenvalue weighted by molar-refractivity contribution is 6.31.